The van der Waals surface area contributed by atoms with Gasteiger partial charge in [-0.2, -0.15) is 0 Å². The van der Waals surface area contributed by atoms with Crippen LogP contribution in [0.25, 0.3) is 0 Å². The van der Waals surface area contributed by atoms with Crippen LogP contribution in [-0.4, -0.2) is 36.5 Å². The van der Waals surface area contributed by atoms with Crippen LogP contribution in [0.3, 0.4) is 0 Å². The molecule has 2 rings (SSSR count). The van der Waals surface area contributed by atoms with Crippen LogP contribution in [0, 0.1) is 6.92 Å². The first-order valence-electron chi connectivity index (χ1n) is 6.69. The summed E-state index contributed by atoms with van der Waals surface area (Å²) in [5.74, 6) is -0.419. The van der Waals surface area contributed by atoms with Gasteiger partial charge in [-0.05, 0) is 49.9 Å². The third-order valence-corrected chi connectivity index (χ3v) is 4.15. The van der Waals surface area contributed by atoms with Gasteiger partial charge in [0.1, 0.15) is 6.04 Å². The number of halogens is 1. The number of hydrogen-bond acceptors (Lipinski definition) is 3. The van der Waals surface area contributed by atoms with E-state index in [0.29, 0.717) is 18.5 Å². The maximum Gasteiger partial charge on any atom is 0.328 e. The van der Waals surface area contributed by atoms with Crippen molar-refractivity contribution < 1.29 is 14.3 Å². The number of ether oxygens (including phenoxy) is 1. The molecule has 1 aliphatic rings. The summed E-state index contributed by atoms with van der Waals surface area (Å²) in [5, 5.41) is 0. The summed E-state index contributed by atoms with van der Waals surface area (Å²) in [4.78, 5) is 26.1. The molecule has 0 bridgehead atoms. The van der Waals surface area contributed by atoms with Gasteiger partial charge in [0.2, 0.25) is 0 Å². The largest absolute Gasteiger partial charge is 0.467 e. The van der Waals surface area contributed by atoms with Crippen LogP contribution in [0.5, 0.6) is 0 Å². The number of amides is 1. The molecule has 1 heterocycles. The second kappa shape index (κ2) is 6.39. The van der Waals surface area contributed by atoms with Gasteiger partial charge in [-0.3, -0.25) is 4.79 Å². The lowest BCUT2D eigenvalue weighted by Gasteiger charge is -2.34. The van der Waals surface area contributed by atoms with Crippen molar-refractivity contribution in [2.45, 2.75) is 32.2 Å². The monoisotopic (exact) mass is 339 g/mol. The number of nitrogens with zero attached hydrogens (tertiary/aromatic N) is 1. The van der Waals surface area contributed by atoms with E-state index in [-0.39, 0.29) is 11.9 Å². The molecular formula is C15H18BrNO3. The molecule has 1 aromatic carbocycles. The molecule has 20 heavy (non-hydrogen) atoms. The summed E-state index contributed by atoms with van der Waals surface area (Å²) in [6.07, 6.45) is 2.55. The molecule has 0 saturated carbocycles. The van der Waals surface area contributed by atoms with Crippen molar-refractivity contribution in [1.82, 2.24) is 4.90 Å². The van der Waals surface area contributed by atoms with Crippen molar-refractivity contribution in [3.05, 3.63) is 33.8 Å². The number of rotatable bonds is 2. The topological polar surface area (TPSA) is 46.6 Å². The fraction of sp³-hybridized carbons (Fsp3) is 0.467. The number of likely N-dealkylation sites (tertiary alicyclic amines) is 1. The average Bonchev–Trinajstić information content (AvgIpc) is 2.46. The normalized spacial score (nSPS) is 18.8. The fourth-order valence-corrected chi connectivity index (χ4v) is 3.05. The fourth-order valence-electron chi connectivity index (χ4n) is 2.58. The molecular weight excluding hydrogens is 322 g/mol. The Hall–Kier alpha value is -1.36. The Morgan fingerprint density at radius 2 is 2.10 bits per heavy atom. The number of methoxy groups -OCH3 is 1. The minimum Gasteiger partial charge on any atom is -0.467 e. The molecule has 0 N–H and O–H groups in total. The highest BCUT2D eigenvalue weighted by atomic mass is 79.9. The Labute approximate surface area is 127 Å². The number of benzene rings is 1. The molecule has 1 saturated heterocycles. The van der Waals surface area contributed by atoms with Gasteiger partial charge in [0, 0.05) is 16.6 Å². The number of hydrogen-bond donors (Lipinski definition) is 0. The third-order valence-electron chi connectivity index (χ3n) is 3.66. The Kier molecular flexibility index (Phi) is 4.81. The van der Waals surface area contributed by atoms with Gasteiger partial charge >= 0.3 is 5.97 Å². The number of aryl methyl sites for hydroxylation is 1. The predicted molar refractivity (Wildman–Crippen MR) is 79.6 cm³/mol. The van der Waals surface area contributed by atoms with Gasteiger partial charge in [-0.15, -0.1) is 0 Å². The molecule has 1 amide bonds. The maximum absolute atomic E-state index is 12.7. The Morgan fingerprint density at radius 3 is 2.75 bits per heavy atom. The van der Waals surface area contributed by atoms with Crippen LogP contribution in [-0.2, 0) is 9.53 Å². The van der Waals surface area contributed by atoms with E-state index in [1.807, 2.05) is 19.1 Å². The summed E-state index contributed by atoms with van der Waals surface area (Å²) in [6.45, 7) is 2.50. The van der Waals surface area contributed by atoms with E-state index >= 15 is 0 Å². The summed E-state index contributed by atoms with van der Waals surface area (Å²) in [5.41, 5.74) is 1.54. The van der Waals surface area contributed by atoms with Gasteiger partial charge in [0.25, 0.3) is 5.91 Å². The molecule has 0 radical (unpaired) electrons. The molecule has 0 aromatic heterocycles. The van der Waals surface area contributed by atoms with Crippen molar-refractivity contribution in [3.63, 3.8) is 0 Å². The van der Waals surface area contributed by atoms with Gasteiger partial charge in [0.15, 0.2) is 0 Å². The van der Waals surface area contributed by atoms with Gasteiger partial charge in [-0.1, -0.05) is 15.9 Å². The first-order valence-corrected chi connectivity index (χ1v) is 7.49. The van der Waals surface area contributed by atoms with Crippen LogP contribution < -0.4 is 0 Å². The van der Waals surface area contributed by atoms with Crippen molar-refractivity contribution in [2.75, 3.05) is 13.7 Å². The van der Waals surface area contributed by atoms with E-state index in [1.165, 1.54) is 7.11 Å². The molecule has 1 fully saturated rings. The van der Waals surface area contributed by atoms with Crippen molar-refractivity contribution >= 4 is 27.8 Å². The zero-order valence-electron chi connectivity index (χ0n) is 11.7. The van der Waals surface area contributed by atoms with Crippen LogP contribution in [0.1, 0.15) is 35.2 Å². The van der Waals surface area contributed by atoms with E-state index in [2.05, 4.69) is 15.9 Å². The zero-order chi connectivity index (χ0) is 14.7. The highest BCUT2D eigenvalue weighted by Gasteiger charge is 2.33. The molecule has 0 aliphatic carbocycles. The lowest BCUT2D eigenvalue weighted by molar-refractivity contribution is -0.147. The van der Waals surface area contributed by atoms with E-state index in [1.54, 1.807) is 11.0 Å². The van der Waals surface area contributed by atoms with E-state index in [0.717, 1.165) is 22.9 Å². The Morgan fingerprint density at radius 1 is 1.35 bits per heavy atom. The number of esters is 1. The molecule has 0 spiro atoms. The van der Waals surface area contributed by atoms with Gasteiger partial charge in [0.05, 0.1) is 7.11 Å². The van der Waals surface area contributed by atoms with E-state index < -0.39 is 6.04 Å². The Balaban J connectivity index is 2.27. The molecule has 1 aliphatic heterocycles. The average molecular weight is 340 g/mol. The summed E-state index contributed by atoms with van der Waals surface area (Å²) < 4.78 is 5.75. The summed E-state index contributed by atoms with van der Waals surface area (Å²) >= 11 is 3.39. The zero-order valence-corrected chi connectivity index (χ0v) is 13.3. The Bertz CT molecular complexity index is 530. The lowest BCUT2D eigenvalue weighted by Crippen LogP contribution is -2.48. The minimum atomic E-state index is -0.454. The van der Waals surface area contributed by atoms with Crippen molar-refractivity contribution in [1.29, 1.82) is 0 Å². The standard InChI is InChI=1S/C15H18BrNO3/c1-10-9-11(16)6-7-12(10)14(18)17-8-4-3-5-13(17)15(19)20-2/h6-7,9,13H,3-5,8H2,1-2H3/t13-/m1/s1. The molecule has 0 unspecified atom stereocenters. The van der Waals surface area contributed by atoms with Crippen LogP contribution in [0.4, 0.5) is 0 Å². The lowest BCUT2D eigenvalue weighted by atomic mass is 9.99. The van der Waals surface area contributed by atoms with Crippen LogP contribution in [0.2, 0.25) is 0 Å². The summed E-state index contributed by atoms with van der Waals surface area (Å²) in [7, 11) is 1.37. The highest BCUT2D eigenvalue weighted by Crippen LogP contribution is 2.23. The van der Waals surface area contributed by atoms with Crippen molar-refractivity contribution in [2.24, 2.45) is 0 Å². The third kappa shape index (κ3) is 3.03. The second-order valence-corrected chi connectivity index (χ2v) is 5.91. The minimum absolute atomic E-state index is 0.0925. The molecule has 1 aromatic rings. The van der Waals surface area contributed by atoms with E-state index in [4.69, 9.17) is 4.74 Å². The van der Waals surface area contributed by atoms with E-state index in [9.17, 15) is 9.59 Å². The molecule has 108 valence electrons. The smallest absolute Gasteiger partial charge is 0.328 e. The number of carbonyl (C=O) groups excluding carboxylic acids is 2. The van der Waals surface area contributed by atoms with Crippen LogP contribution in [0.15, 0.2) is 22.7 Å². The highest BCUT2D eigenvalue weighted by molar-refractivity contribution is 9.10. The first-order chi connectivity index (χ1) is 9.54. The SMILES string of the molecule is COC(=O)[C@H]1CCCCN1C(=O)c1ccc(Br)cc1C. The second-order valence-electron chi connectivity index (χ2n) is 4.99. The van der Waals surface area contributed by atoms with Gasteiger partial charge < -0.3 is 9.64 Å². The maximum atomic E-state index is 12.7. The molecule has 5 heteroatoms. The number of carbonyl (C=O) groups is 2. The van der Waals surface area contributed by atoms with Crippen molar-refractivity contribution in [3.8, 4) is 0 Å². The molecule has 1 atom stereocenters. The quantitative estimate of drug-likeness (QED) is 0.778. The first kappa shape index (κ1) is 15.0. The summed E-state index contributed by atoms with van der Waals surface area (Å²) in [6, 6.07) is 5.09. The number of piperidine rings is 1. The van der Waals surface area contributed by atoms with Gasteiger partial charge in [-0.25, -0.2) is 4.79 Å². The molecule has 4 nitrogen and oxygen atoms in total. The predicted octanol–water partition coefficient (Wildman–Crippen LogP) is 2.93. The van der Waals surface area contributed by atoms with Crippen LogP contribution >= 0.6 is 15.9 Å².